The zero-order chi connectivity index (χ0) is 22.2. The second-order valence-corrected chi connectivity index (χ2v) is 10.5. The standard InChI is InChI=1S/C26H23N5OS/c1-15-19-10-9-18-22(16-6-5-11-27-13-16)30-31(25-29-20-7-3-4-8-21(20)33-25)24(18)26(19,2)12-17-14-28-32-23(15)17/h3-8,11,13-15,19H,9-10,12H2,1-2H3/t15-,19-,26-/m1/s1. The van der Waals surface area contributed by atoms with Crippen molar-refractivity contribution in [3.05, 3.63) is 77.6 Å². The number of rotatable bonds is 2. The molecular weight excluding hydrogens is 430 g/mol. The third-order valence-corrected chi connectivity index (χ3v) is 8.71. The fraction of sp³-hybridized carbons (Fsp3) is 0.308. The van der Waals surface area contributed by atoms with E-state index in [-0.39, 0.29) is 5.41 Å². The molecule has 0 unspecified atom stereocenters. The van der Waals surface area contributed by atoms with Crippen LogP contribution in [0.2, 0.25) is 0 Å². The van der Waals surface area contributed by atoms with E-state index in [9.17, 15) is 0 Å². The van der Waals surface area contributed by atoms with E-state index in [0.29, 0.717) is 11.8 Å². The molecule has 0 fully saturated rings. The molecule has 5 aromatic rings. The van der Waals surface area contributed by atoms with Crippen LogP contribution >= 0.6 is 11.3 Å². The van der Waals surface area contributed by atoms with Crippen LogP contribution in [0.1, 0.15) is 48.8 Å². The fourth-order valence-electron chi connectivity index (χ4n) is 6.26. The second kappa shape index (κ2) is 6.84. The predicted octanol–water partition coefficient (Wildman–Crippen LogP) is 5.71. The summed E-state index contributed by atoms with van der Waals surface area (Å²) in [6, 6.07) is 12.4. The van der Waals surface area contributed by atoms with Gasteiger partial charge in [0.2, 0.25) is 5.13 Å². The summed E-state index contributed by atoms with van der Waals surface area (Å²) in [5.41, 5.74) is 6.85. The number of pyridine rings is 1. The van der Waals surface area contributed by atoms with Gasteiger partial charge < -0.3 is 4.52 Å². The first-order valence-electron chi connectivity index (χ1n) is 11.5. The zero-order valence-corrected chi connectivity index (χ0v) is 19.3. The summed E-state index contributed by atoms with van der Waals surface area (Å²) in [6.07, 6.45) is 8.62. The van der Waals surface area contributed by atoms with Gasteiger partial charge in [0, 0.05) is 40.4 Å². The summed E-state index contributed by atoms with van der Waals surface area (Å²) in [5.74, 6) is 1.83. The molecule has 0 saturated carbocycles. The second-order valence-electron chi connectivity index (χ2n) is 9.54. The molecule has 2 aliphatic rings. The van der Waals surface area contributed by atoms with Gasteiger partial charge in [-0.15, -0.1) is 0 Å². The lowest BCUT2D eigenvalue weighted by molar-refractivity contribution is 0.170. The Morgan fingerprint density at radius 3 is 2.91 bits per heavy atom. The van der Waals surface area contributed by atoms with Gasteiger partial charge in [0.1, 0.15) is 5.76 Å². The van der Waals surface area contributed by atoms with Crippen LogP contribution in [0.4, 0.5) is 0 Å². The number of fused-ring (bicyclic) bond motifs is 5. The van der Waals surface area contributed by atoms with E-state index in [1.54, 1.807) is 11.3 Å². The molecule has 0 saturated heterocycles. The minimum absolute atomic E-state index is 0.0864. The largest absolute Gasteiger partial charge is 0.361 e. The maximum atomic E-state index is 5.69. The lowest BCUT2D eigenvalue weighted by atomic mass is 9.56. The maximum absolute atomic E-state index is 5.69. The lowest BCUT2D eigenvalue weighted by Crippen LogP contribution is -2.45. The van der Waals surface area contributed by atoms with Crippen molar-refractivity contribution in [3.63, 3.8) is 0 Å². The molecule has 0 radical (unpaired) electrons. The number of hydrogen-bond acceptors (Lipinski definition) is 6. The van der Waals surface area contributed by atoms with Crippen LogP contribution in [0.3, 0.4) is 0 Å². The molecule has 3 atom stereocenters. The number of benzene rings is 1. The minimum atomic E-state index is -0.0864. The highest BCUT2D eigenvalue weighted by atomic mass is 32.1. The molecule has 7 heteroatoms. The minimum Gasteiger partial charge on any atom is -0.361 e. The van der Waals surface area contributed by atoms with E-state index >= 15 is 0 Å². The molecule has 0 aliphatic heterocycles. The summed E-state index contributed by atoms with van der Waals surface area (Å²) in [5, 5.41) is 10.3. The van der Waals surface area contributed by atoms with Crippen LogP contribution in [-0.2, 0) is 18.3 Å². The van der Waals surface area contributed by atoms with E-state index in [4.69, 9.17) is 14.6 Å². The van der Waals surface area contributed by atoms with Crippen molar-refractivity contribution in [1.82, 2.24) is 24.9 Å². The van der Waals surface area contributed by atoms with Gasteiger partial charge in [-0.1, -0.05) is 42.5 Å². The summed E-state index contributed by atoms with van der Waals surface area (Å²) < 4.78 is 9.00. The Bertz CT molecular complexity index is 1470. The van der Waals surface area contributed by atoms with Crippen LogP contribution in [-0.4, -0.2) is 24.9 Å². The summed E-state index contributed by atoms with van der Waals surface area (Å²) in [6.45, 7) is 4.69. The number of nitrogens with zero attached hydrogens (tertiary/aromatic N) is 5. The van der Waals surface area contributed by atoms with E-state index in [1.807, 2.05) is 30.7 Å². The van der Waals surface area contributed by atoms with Crippen LogP contribution in [0.25, 0.3) is 26.6 Å². The van der Waals surface area contributed by atoms with Gasteiger partial charge in [0.15, 0.2) is 0 Å². The summed E-state index contributed by atoms with van der Waals surface area (Å²) >= 11 is 1.70. The topological polar surface area (TPSA) is 69.6 Å². The molecule has 6 nitrogen and oxygen atoms in total. The van der Waals surface area contributed by atoms with Crippen LogP contribution < -0.4 is 0 Å². The van der Waals surface area contributed by atoms with Crippen LogP contribution in [0, 0.1) is 5.92 Å². The van der Waals surface area contributed by atoms with Crippen molar-refractivity contribution in [2.45, 2.75) is 44.4 Å². The molecule has 0 amide bonds. The highest BCUT2D eigenvalue weighted by Crippen LogP contribution is 2.55. The molecule has 1 aromatic carbocycles. The average Bonchev–Trinajstić information content (AvgIpc) is 3.56. The van der Waals surface area contributed by atoms with Crippen molar-refractivity contribution < 1.29 is 4.52 Å². The number of hydrogen-bond donors (Lipinski definition) is 0. The number of para-hydroxylation sites is 1. The van der Waals surface area contributed by atoms with Crippen molar-refractivity contribution in [2.75, 3.05) is 0 Å². The lowest BCUT2D eigenvalue weighted by Gasteiger charge is -2.47. The third kappa shape index (κ3) is 2.66. The molecule has 0 spiro atoms. The van der Waals surface area contributed by atoms with Gasteiger partial charge in [-0.25, -0.2) is 9.67 Å². The van der Waals surface area contributed by atoms with Gasteiger partial charge in [0.05, 0.1) is 27.8 Å². The fourth-order valence-corrected chi connectivity index (χ4v) is 7.19. The Balaban J connectivity index is 1.50. The molecule has 4 heterocycles. The molecule has 0 N–H and O–H groups in total. The van der Waals surface area contributed by atoms with E-state index in [1.165, 1.54) is 21.5 Å². The van der Waals surface area contributed by atoms with Gasteiger partial charge in [0.25, 0.3) is 0 Å². The first-order valence-corrected chi connectivity index (χ1v) is 12.3. The highest BCUT2D eigenvalue weighted by molar-refractivity contribution is 7.20. The first kappa shape index (κ1) is 19.2. The van der Waals surface area contributed by atoms with Gasteiger partial charge in [-0.3, -0.25) is 4.98 Å². The van der Waals surface area contributed by atoms with Gasteiger partial charge >= 0.3 is 0 Å². The molecule has 164 valence electrons. The van der Waals surface area contributed by atoms with E-state index in [2.05, 4.69) is 52.9 Å². The molecule has 2 aliphatic carbocycles. The van der Waals surface area contributed by atoms with E-state index < -0.39 is 0 Å². The van der Waals surface area contributed by atoms with Crippen LogP contribution in [0.5, 0.6) is 0 Å². The Labute approximate surface area is 195 Å². The normalized spacial score (nSPS) is 23.8. The Morgan fingerprint density at radius 2 is 2.06 bits per heavy atom. The first-order chi connectivity index (χ1) is 16.1. The van der Waals surface area contributed by atoms with Gasteiger partial charge in [-0.2, -0.15) is 5.10 Å². The van der Waals surface area contributed by atoms with Gasteiger partial charge in [-0.05, 0) is 49.4 Å². The zero-order valence-electron chi connectivity index (χ0n) is 18.5. The molecule has 4 aromatic heterocycles. The maximum Gasteiger partial charge on any atom is 0.211 e. The Kier molecular flexibility index (Phi) is 3.97. The molecular formula is C26H23N5OS. The molecule has 7 rings (SSSR count). The smallest absolute Gasteiger partial charge is 0.211 e. The SMILES string of the molecule is C[C@H]1c2oncc2C[C@@]2(C)c3c(c(-c4cccnc4)nn3-c3nc4ccccc4s3)CC[C@H]12. The monoisotopic (exact) mass is 453 g/mol. The van der Waals surface area contributed by atoms with E-state index in [0.717, 1.165) is 46.9 Å². The quantitative estimate of drug-likeness (QED) is 0.342. The van der Waals surface area contributed by atoms with Crippen LogP contribution in [0.15, 0.2) is 59.5 Å². The predicted molar refractivity (Wildman–Crippen MR) is 128 cm³/mol. The van der Waals surface area contributed by atoms with Crippen molar-refractivity contribution in [2.24, 2.45) is 5.92 Å². The third-order valence-electron chi connectivity index (χ3n) is 7.70. The summed E-state index contributed by atoms with van der Waals surface area (Å²) in [4.78, 5) is 9.37. The number of aromatic nitrogens is 5. The average molecular weight is 454 g/mol. The van der Waals surface area contributed by atoms with Crippen molar-refractivity contribution >= 4 is 21.6 Å². The molecule has 0 bridgehead atoms. The van der Waals surface area contributed by atoms with Crippen molar-refractivity contribution in [3.8, 4) is 16.4 Å². The Morgan fingerprint density at radius 1 is 1.15 bits per heavy atom. The number of thiazole rings is 1. The highest BCUT2D eigenvalue weighted by Gasteiger charge is 2.51. The molecule has 33 heavy (non-hydrogen) atoms. The Hall–Kier alpha value is -3.32. The summed E-state index contributed by atoms with van der Waals surface area (Å²) in [7, 11) is 0. The van der Waals surface area contributed by atoms with Crippen molar-refractivity contribution in [1.29, 1.82) is 0 Å².